The smallest absolute Gasteiger partial charge is 0.325 e. The average molecular weight is 491 g/mol. The number of pyridine rings is 2. The van der Waals surface area contributed by atoms with E-state index in [-0.39, 0.29) is 18.4 Å². The molecule has 1 aliphatic heterocycles. The highest BCUT2D eigenvalue weighted by molar-refractivity contribution is 6.12. The van der Waals surface area contributed by atoms with Crippen LogP contribution in [0.5, 0.6) is 0 Å². The highest BCUT2D eigenvalue weighted by Gasteiger charge is 2.55. The molecule has 3 atom stereocenters. The lowest BCUT2D eigenvalue weighted by molar-refractivity contribution is -0.156. The van der Waals surface area contributed by atoms with E-state index in [1.54, 1.807) is 55.7 Å². The number of imide groups is 1. The summed E-state index contributed by atoms with van der Waals surface area (Å²) in [6.45, 7) is 3.81. The first-order valence-corrected chi connectivity index (χ1v) is 11.7. The highest BCUT2D eigenvalue weighted by Crippen LogP contribution is 2.33. The minimum atomic E-state index is -0.981. The first-order chi connectivity index (χ1) is 17.2. The van der Waals surface area contributed by atoms with Gasteiger partial charge < -0.3 is 16.0 Å². The normalized spacial score (nSPS) is 17.9. The Hall–Kier alpha value is -4.28. The summed E-state index contributed by atoms with van der Waals surface area (Å²) in [4.78, 5) is 50.9. The number of nitrogens with two attached hydrogens (primary N) is 1. The van der Waals surface area contributed by atoms with Gasteiger partial charge in [-0.25, -0.2) is 9.78 Å². The van der Waals surface area contributed by atoms with Gasteiger partial charge in [-0.2, -0.15) is 5.10 Å². The van der Waals surface area contributed by atoms with E-state index in [2.05, 4.69) is 20.4 Å². The third kappa shape index (κ3) is 4.90. The second-order valence-corrected chi connectivity index (χ2v) is 8.97. The van der Waals surface area contributed by atoms with Crippen molar-refractivity contribution in [3.8, 4) is 0 Å². The van der Waals surface area contributed by atoms with Crippen LogP contribution in [0.1, 0.15) is 36.2 Å². The Bertz CT molecular complexity index is 1270. The Balaban J connectivity index is 1.59. The topological polar surface area (TPSA) is 139 Å². The molecule has 1 fully saturated rings. The number of anilines is 2. The molecule has 3 N–H and O–H groups in total. The summed E-state index contributed by atoms with van der Waals surface area (Å²) in [5.74, 6) is -1.19. The van der Waals surface area contributed by atoms with Crippen molar-refractivity contribution in [3.63, 3.8) is 0 Å². The number of nitrogens with one attached hydrogen (secondary N) is 1. The van der Waals surface area contributed by atoms with Gasteiger partial charge in [-0.15, -0.1) is 0 Å². The summed E-state index contributed by atoms with van der Waals surface area (Å²) in [6, 6.07) is 5.22. The van der Waals surface area contributed by atoms with Gasteiger partial charge in [0.15, 0.2) is 0 Å². The fourth-order valence-corrected chi connectivity index (χ4v) is 4.36. The van der Waals surface area contributed by atoms with Crippen molar-refractivity contribution in [2.75, 3.05) is 17.7 Å². The van der Waals surface area contributed by atoms with Gasteiger partial charge in [0.05, 0.1) is 23.8 Å². The largest absolute Gasteiger partial charge is 0.384 e. The Morgan fingerprint density at radius 1 is 1.22 bits per heavy atom. The zero-order chi connectivity index (χ0) is 26.0. The number of amides is 4. The number of aryl methyl sites for hydroxylation is 2. The number of nitrogens with zero attached hydrogens (tertiary/aromatic N) is 6. The number of aromatic nitrogens is 4. The van der Waals surface area contributed by atoms with E-state index in [9.17, 15) is 14.4 Å². The van der Waals surface area contributed by atoms with Crippen LogP contribution < -0.4 is 16.0 Å². The molecule has 0 saturated carbocycles. The van der Waals surface area contributed by atoms with Crippen LogP contribution in [0.4, 0.5) is 16.3 Å². The number of β-lactam (4-membered cyclic amide) rings is 1. The van der Waals surface area contributed by atoms with E-state index in [1.165, 1.54) is 4.90 Å². The Kier molecular flexibility index (Phi) is 7.00. The molecule has 3 aromatic rings. The van der Waals surface area contributed by atoms with Crippen molar-refractivity contribution >= 4 is 29.4 Å². The fraction of sp³-hybridized carbons (Fsp3) is 0.360. The van der Waals surface area contributed by atoms with Gasteiger partial charge in [0.1, 0.15) is 11.9 Å². The molecule has 11 heteroatoms. The summed E-state index contributed by atoms with van der Waals surface area (Å²) in [7, 11) is 3.35. The van der Waals surface area contributed by atoms with Gasteiger partial charge in [-0.1, -0.05) is 13.0 Å². The van der Waals surface area contributed by atoms with E-state index in [4.69, 9.17) is 5.73 Å². The van der Waals surface area contributed by atoms with Crippen LogP contribution in [0, 0.1) is 12.8 Å². The van der Waals surface area contributed by atoms with E-state index in [0.717, 1.165) is 21.7 Å². The van der Waals surface area contributed by atoms with Crippen LogP contribution >= 0.6 is 0 Å². The fourth-order valence-electron chi connectivity index (χ4n) is 4.36. The van der Waals surface area contributed by atoms with Gasteiger partial charge >= 0.3 is 6.03 Å². The summed E-state index contributed by atoms with van der Waals surface area (Å²) < 4.78 is 1.58. The van der Waals surface area contributed by atoms with Crippen molar-refractivity contribution in [2.45, 2.75) is 38.8 Å². The zero-order valence-electron chi connectivity index (χ0n) is 20.8. The van der Waals surface area contributed by atoms with Gasteiger partial charge in [0.2, 0.25) is 5.91 Å². The molecule has 0 bridgehead atoms. The van der Waals surface area contributed by atoms with E-state index in [0.29, 0.717) is 17.9 Å². The Labute approximate surface area is 209 Å². The minimum Gasteiger partial charge on any atom is -0.384 e. The van der Waals surface area contributed by atoms with Crippen LogP contribution in [0.2, 0.25) is 0 Å². The van der Waals surface area contributed by atoms with Crippen LogP contribution in [-0.4, -0.2) is 55.6 Å². The van der Waals surface area contributed by atoms with Crippen molar-refractivity contribution in [3.05, 3.63) is 65.9 Å². The number of nitrogen functional groups attached to an aromatic ring is 1. The van der Waals surface area contributed by atoms with Crippen LogP contribution in [0.3, 0.4) is 0 Å². The molecular formula is C25H30N8O3. The molecule has 4 rings (SSSR count). The lowest BCUT2D eigenvalue weighted by Gasteiger charge is -2.45. The number of likely N-dealkylation sites (tertiary alicyclic amines) is 1. The standard InChI is InChI=1S/C25H30N8O3/c1-5-20(17-7-6-15(2)28-12-17)30-25(36)33-22(24(35)32(4)18-13-29-31(3)14-18)19(23(33)34)10-16-8-9-27-21(26)11-16/h6-9,11-14,19-20,22H,5,10H2,1-4H3,(H2,26,27)(H,30,36)/t19-,20?,22+/m1/s1. The second kappa shape index (κ2) is 10.1. The molecule has 1 saturated heterocycles. The molecule has 36 heavy (non-hydrogen) atoms. The van der Waals surface area contributed by atoms with Crippen LogP contribution in [0.15, 0.2) is 49.1 Å². The molecule has 11 nitrogen and oxygen atoms in total. The first-order valence-electron chi connectivity index (χ1n) is 11.7. The second-order valence-electron chi connectivity index (χ2n) is 8.97. The summed E-state index contributed by atoms with van der Waals surface area (Å²) in [5, 5.41) is 7.02. The van der Waals surface area contributed by atoms with E-state index < -0.39 is 23.9 Å². The molecule has 0 aromatic carbocycles. The minimum absolute atomic E-state index is 0.256. The molecule has 1 unspecified atom stereocenters. The number of hydrogen-bond donors (Lipinski definition) is 2. The van der Waals surface area contributed by atoms with Crippen molar-refractivity contribution in [1.82, 2.24) is 30.0 Å². The van der Waals surface area contributed by atoms with Crippen molar-refractivity contribution < 1.29 is 14.4 Å². The summed E-state index contributed by atoms with van der Waals surface area (Å²) in [5.41, 5.74) is 8.81. The lowest BCUT2D eigenvalue weighted by Crippen LogP contribution is -2.70. The predicted octanol–water partition coefficient (Wildman–Crippen LogP) is 1.99. The van der Waals surface area contributed by atoms with Gasteiger partial charge in [-0.05, 0) is 49.1 Å². The third-order valence-electron chi connectivity index (χ3n) is 6.44. The van der Waals surface area contributed by atoms with E-state index in [1.807, 2.05) is 26.0 Å². The number of hydrogen-bond acceptors (Lipinski definition) is 7. The number of urea groups is 1. The van der Waals surface area contributed by atoms with Gasteiger partial charge in [0, 0.05) is 38.4 Å². The lowest BCUT2D eigenvalue weighted by atomic mass is 9.81. The Morgan fingerprint density at radius 2 is 2.00 bits per heavy atom. The zero-order valence-corrected chi connectivity index (χ0v) is 20.8. The summed E-state index contributed by atoms with van der Waals surface area (Å²) >= 11 is 0. The van der Waals surface area contributed by atoms with Gasteiger partial charge in [0.25, 0.3) is 5.91 Å². The highest BCUT2D eigenvalue weighted by atomic mass is 16.2. The molecule has 188 valence electrons. The SMILES string of the molecule is CCC(NC(=O)N1C(=O)[C@H](Cc2ccnc(N)c2)[C@H]1C(=O)N(C)c1cnn(C)c1)c1ccc(C)nc1. The average Bonchev–Trinajstić information content (AvgIpc) is 3.30. The molecular weight excluding hydrogens is 460 g/mol. The maximum Gasteiger partial charge on any atom is 0.325 e. The Morgan fingerprint density at radius 3 is 2.61 bits per heavy atom. The molecule has 0 aliphatic carbocycles. The number of carbonyl (C=O) groups is 3. The van der Waals surface area contributed by atoms with Crippen LogP contribution in [0.25, 0.3) is 0 Å². The first kappa shape index (κ1) is 24.8. The maximum atomic E-state index is 13.6. The van der Waals surface area contributed by atoms with Crippen molar-refractivity contribution in [2.24, 2.45) is 13.0 Å². The van der Waals surface area contributed by atoms with E-state index >= 15 is 0 Å². The monoisotopic (exact) mass is 490 g/mol. The number of rotatable bonds is 7. The maximum absolute atomic E-state index is 13.6. The molecule has 0 spiro atoms. The molecule has 4 amide bonds. The number of likely N-dealkylation sites (N-methyl/N-ethyl adjacent to an activating group) is 1. The number of carbonyl (C=O) groups excluding carboxylic acids is 3. The molecule has 1 aliphatic rings. The van der Waals surface area contributed by atoms with Crippen LogP contribution in [-0.2, 0) is 23.1 Å². The third-order valence-corrected chi connectivity index (χ3v) is 6.44. The quantitative estimate of drug-likeness (QED) is 0.483. The van der Waals surface area contributed by atoms with Crippen molar-refractivity contribution in [1.29, 1.82) is 0 Å². The molecule has 3 aromatic heterocycles. The van der Waals surface area contributed by atoms with Gasteiger partial charge in [-0.3, -0.25) is 24.2 Å². The summed E-state index contributed by atoms with van der Waals surface area (Å²) in [6.07, 6.45) is 7.35. The molecule has 4 heterocycles. The predicted molar refractivity (Wildman–Crippen MR) is 134 cm³/mol. The molecule has 0 radical (unpaired) electrons.